The molecular weight excluding hydrogens is 436 g/mol. The third kappa shape index (κ3) is 3.28. The van der Waals surface area contributed by atoms with E-state index in [0.717, 1.165) is 55.6 Å². The van der Waals surface area contributed by atoms with Gasteiger partial charge in [0.15, 0.2) is 0 Å². The van der Waals surface area contributed by atoms with E-state index in [1.807, 2.05) is 42.3 Å². The van der Waals surface area contributed by atoms with E-state index in [0.29, 0.717) is 17.7 Å². The van der Waals surface area contributed by atoms with Gasteiger partial charge in [0.1, 0.15) is 17.6 Å². The zero-order chi connectivity index (χ0) is 24.3. The Bertz CT molecular complexity index is 1220. The Labute approximate surface area is 207 Å². The van der Waals surface area contributed by atoms with Crippen molar-refractivity contribution in [3.8, 4) is 11.5 Å². The molecule has 5 atom stereocenters. The summed E-state index contributed by atoms with van der Waals surface area (Å²) in [5, 5.41) is 10.9. The van der Waals surface area contributed by atoms with E-state index in [9.17, 15) is 9.90 Å². The maximum atomic E-state index is 13.3. The smallest absolute Gasteiger partial charge is 0.246 e. The van der Waals surface area contributed by atoms with Crippen LogP contribution in [0.3, 0.4) is 0 Å². The molecule has 5 heteroatoms. The van der Waals surface area contributed by atoms with Crippen LogP contribution in [0.5, 0.6) is 11.5 Å². The molecule has 2 bridgehead atoms. The van der Waals surface area contributed by atoms with Crippen molar-refractivity contribution in [3.63, 3.8) is 0 Å². The van der Waals surface area contributed by atoms with E-state index in [1.165, 1.54) is 11.1 Å². The maximum Gasteiger partial charge on any atom is 0.246 e. The molecule has 0 radical (unpaired) electrons. The average molecular weight is 471 g/mol. The Balaban J connectivity index is 1.34. The molecule has 1 saturated heterocycles. The number of hydrogen-bond acceptors (Lipinski definition) is 4. The minimum atomic E-state index is -0.151. The van der Waals surface area contributed by atoms with Crippen molar-refractivity contribution in [2.24, 2.45) is 5.92 Å². The number of rotatable bonds is 5. The van der Waals surface area contributed by atoms with Crippen molar-refractivity contribution in [1.82, 2.24) is 9.80 Å². The van der Waals surface area contributed by atoms with Crippen LogP contribution in [0, 0.1) is 12.8 Å². The molecule has 6 rings (SSSR count). The summed E-state index contributed by atoms with van der Waals surface area (Å²) in [6, 6.07) is 12.2. The molecule has 1 amide bonds. The molecule has 2 heterocycles. The molecule has 1 saturated carbocycles. The number of benzene rings is 2. The first-order chi connectivity index (χ1) is 16.9. The first-order valence-corrected chi connectivity index (χ1v) is 12.8. The van der Waals surface area contributed by atoms with Crippen molar-refractivity contribution in [2.45, 2.75) is 56.2 Å². The number of carbonyl (C=O) groups is 1. The van der Waals surface area contributed by atoms with Crippen LogP contribution < -0.4 is 4.74 Å². The molecule has 4 aliphatic rings. The second-order valence-corrected chi connectivity index (χ2v) is 10.8. The Morgan fingerprint density at radius 3 is 2.97 bits per heavy atom. The van der Waals surface area contributed by atoms with Crippen molar-refractivity contribution >= 4 is 12.0 Å². The van der Waals surface area contributed by atoms with E-state index in [-0.39, 0.29) is 23.5 Å². The fourth-order valence-electron chi connectivity index (χ4n) is 7.62. The second-order valence-electron chi connectivity index (χ2n) is 10.8. The van der Waals surface area contributed by atoms with Gasteiger partial charge in [-0.15, -0.1) is 6.58 Å². The molecule has 2 aromatic rings. The number of amides is 1. The first kappa shape index (κ1) is 22.4. The van der Waals surface area contributed by atoms with Crippen LogP contribution in [0.25, 0.3) is 6.08 Å². The Kier molecular flexibility index (Phi) is 5.29. The molecule has 0 unspecified atom stereocenters. The first-order valence-electron chi connectivity index (χ1n) is 12.8. The van der Waals surface area contributed by atoms with Gasteiger partial charge in [-0.2, -0.15) is 0 Å². The molecule has 5 nitrogen and oxygen atoms in total. The summed E-state index contributed by atoms with van der Waals surface area (Å²) >= 11 is 0. The highest BCUT2D eigenvalue weighted by molar-refractivity contribution is 5.92. The lowest BCUT2D eigenvalue weighted by Gasteiger charge is -2.60. The van der Waals surface area contributed by atoms with E-state index < -0.39 is 0 Å². The van der Waals surface area contributed by atoms with Crippen molar-refractivity contribution in [1.29, 1.82) is 0 Å². The zero-order valence-electron chi connectivity index (χ0n) is 20.6. The van der Waals surface area contributed by atoms with Crippen LogP contribution in [0.2, 0.25) is 0 Å². The molecule has 1 N–H and O–H groups in total. The van der Waals surface area contributed by atoms with Crippen LogP contribution >= 0.6 is 0 Å². The molecule has 2 aromatic carbocycles. The predicted molar refractivity (Wildman–Crippen MR) is 138 cm³/mol. The van der Waals surface area contributed by atoms with E-state index in [2.05, 4.69) is 30.5 Å². The molecule has 2 aliphatic carbocycles. The lowest BCUT2D eigenvalue weighted by molar-refractivity contribution is -0.135. The van der Waals surface area contributed by atoms with Gasteiger partial charge in [0.2, 0.25) is 5.91 Å². The highest BCUT2D eigenvalue weighted by Gasteiger charge is 2.66. The zero-order valence-corrected chi connectivity index (χ0v) is 20.6. The van der Waals surface area contributed by atoms with Gasteiger partial charge >= 0.3 is 0 Å². The molecule has 182 valence electrons. The van der Waals surface area contributed by atoms with E-state index in [4.69, 9.17) is 4.74 Å². The Morgan fingerprint density at radius 2 is 2.17 bits per heavy atom. The maximum absolute atomic E-state index is 13.3. The van der Waals surface area contributed by atoms with Gasteiger partial charge < -0.3 is 14.7 Å². The van der Waals surface area contributed by atoms with Crippen LogP contribution in [0.1, 0.15) is 41.5 Å². The molecule has 2 aliphatic heterocycles. The molecule has 0 aromatic heterocycles. The highest BCUT2D eigenvalue weighted by atomic mass is 16.5. The van der Waals surface area contributed by atoms with Gasteiger partial charge in [-0.25, -0.2) is 0 Å². The summed E-state index contributed by atoms with van der Waals surface area (Å²) < 4.78 is 6.72. The number of piperidine rings is 1. The normalized spacial score (nSPS) is 30.6. The number of likely N-dealkylation sites (tertiary alicyclic amines) is 1. The van der Waals surface area contributed by atoms with Gasteiger partial charge in [-0.1, -0.05) is 35.9 Å². The number of phenols is 1. The standard InChI is InChI=1S/C30H34N2O3/c1-4-15-32-16-14-30-22-9-10-23(31(3)27(34)13-8-20-7-5-6-19(2)17-20)29(30)35-26-12-11-25(33)21(28(26)30)18-24(22)32/h4-8,11-13,17,22-24,29,33H,1,9-10,14-16,18H2,2-3H3/t22-,23+,24+,29-,30-/m0/s1. The van der Waals surface area contributed by atoms with Gasteiger partial charge in [-0.3, -0.25) is 9.69 Å². The quantitative estimate of drug-likeness (QED) is 0.518. The lowest BCUT2D eigenvalue weighted by atomic mass is 9.51. The minimum absolute atomic E-state index is 0.00503. The SMILES string of the molecule is C=CCN1CC[C@@]23c4c5ccc(O)c4C[C@@H]1[C@@H]2CC[C@@H](N(C)C(=O)C=Cc1cccc(C)c1)[C@@H]3O5. The number of ether oxygens (including phenoxy) is 1. The topological polar surface area (TPSA) is 53.0 Å². The minimum Gasteiger partial charge on any atom is -0.508 e. The van der Waals surface area contributed by atoms with E-state index in [1.54, 1.807) is 12.1 Å². The fraction of sp³-hybridized carbons (Fsp3) is 0.433. The Hall–Kier alpha value is -3.05. The second kappa shape index (κ2) is 8.27. The number of phenolic OH excluding ortho intramolecular Hbond substituents is 1. The summed E-state index contributed by atoms with van der Waals surface area (Å²) in [6.45, 7) is 7.89. The summed E-state index contributed by atoms with van der Waals surface area (Å²) in [6.07, 6.45) is 9.30. The summed E-state index contributed by atoms with van der Waals surface area (Å²) in [5.41, 5.74) is 4.33. The molecule has 35 heavy (non-hydrogen) atoms. The predicted octanol–water partition coefficient (Wildman–Crippen LogP) is 4.47. The van der Waals surface area contributed by atoms with Gasteiger partial charge in [0.25, 0.3) is 0 Å². The molecular formula is C30H34N2O3. The lowest BCUT2D eigenvalue weighted by Crippen LogP contribution is -2.68. The van der Waals surface area contributed by atoms with E-state index >= 15 is 0 Å². The fourth-order valence-corrected chi connectivity index (χ4v) is 7.62. The summed E-state index contributed by atoms with van der Waals surface area (Å²) in [4.78, 5) is 17.7. The number of aromatic hydroxyl groups is 1. The average Bonchev–Trinajstić information content (AvgIpc) is 3.18. The number of hydrogen-bond donors (Lipinski definition) is 1. The van der Waals surface area contributed by atoms with Crippen LogP contribution in [0.4, 0.5) is 0 Å². The van der Waals surface area contributed by atoms with Crippen LogP contribution in [-0.4, -0.2) is 59.1 Å². The van der Waals surface area contributed by atoms with Crippen molar-refractivity contribution < 1.29 is 14.6 Å². The number of likely N-dealkylation sites (N-methyl/N-ethyl adjacent to an activating group) is 1. The van der Waals surface area contributed by atoms with Crippen LogP contribution in [-0.2, 0) is 16.6 Å². The third-order valence-electron chi connectivity index (χ3n) is 9.09. The number of carbonyl (C=O) groups excluding carboxylic acids is 1. The van der Waals surface area contributed by atoms with Gasteiger partial charge in [-0.05, 0) is 68.8 Å². The summed E-state index contributed by atoms with van der Waals surface area (Å²) in [5.74, 6) is 1.75. The highest BCUT2D eigenvalue weighted by Crippen LogP contribution is 2.63. The molecule has 2 fully saturated rings. The summed E-state index contributed by atoms with van der Waals surface area (Å²) in [7, 11) is 1.92. The van der Waals surface area contributed by atoms with Crippen molar-refractivity contribution in [3.05, 3.63) is 77.4 Å². The van der Waals surface area contributed by atoms with Gasteiger partial charge in [0.05, 0.1) is 6.04 Å². The van der Waals surface area contributed by atoms with Crippen LogP contribution in [0.15, 0.2) is 55.1 Å². The third-order valence-corrected chi connectivity index (χ3v) is 9.09. The Morgan fingerprint density at radius 1 is 1.31 bits per heavy atom. The van der Waals surface area contributed by atoms with Crippen molar-refractivity contribution in [2.75, 3.05) is 20.1 Å². The number of nitrogens with zero attached hydrogens (tertiary/aromatic N) is 2. The number of aryl methyl sites for hydroxylation is 1. The largest absolute Gasteiger partial charge is 0.508 e. The van der Waals surface area contributed by atoms with Gasteiger partial charge in [0, 0.05) is 42.3 Å². The monoisotopic (exact) mass is 470 g/mol. The molecule has 1 spiro atoms.